The second-order valence-electron chi connectivity index (χ2n) is 4.34. The van der Waals surface area contributed by atoms with Crippen molar-refractivity contribution in [2.45, 2.75) is 45.7 Å². The Morgan fingerprint density at radius 1 is 1.35 bits per heavy atom. The normalized spacial score (nSPS) is 12.4. The molecule has 94 valence electrons. The minimum atomic E-state index is -0.729. The molecule has 0 aliphatic carbocycles. The maximum absolute atomic E-state index is 10.5. The molecular formula is C14H21NO2. The molecule has 3 heteroatoms. The number of hydrogen-bond acceptors (Lipinski definition) is 2. The SMILES string of the molecule is CCc1ccccc1CNC(C)CCC(=O)O. The summed E-state index contributed by atoms with van der Waals surface area (Å²) in [5.41, 5.74) is 2.66. The lowest BCUT2D eigenvalue weighted by Crippen LogP contribution is -2.26. The van der Waals surface area contributed by atoms with Crippen LogP contribution in [0.4, 0.5) is 0 Å². The Bertz CT molecular complexity index is 363. The average molecular weight is 235 g/mol. The second kappa shape index (κ2) is 7.07. The zero-order valence-corrected chi connectivity index (χ0v) is 10.6. The third-order valence-corrected chi connectivity index (χ3v) is 2.93. The molecule has 1 rings (SSSR count). The molecule has 2 N–H and O–H groups in total. The van der Waals surface area contributed by atoms with E-state index in [1.165, 1.54) is 11.1 Å². The molecule has 0 fully saturated rings. The molecule has 0 aromatic heterocycles. The maximum atomic E-state index is 10.5. The van der Waals surface area contributed by atoms with Crippen molar-refractivity contribution >= 4 is 5.97 Å². The van der Waals surface area contributed by atoms with E-state index in [9.17, 15) is 4.79 Å². The van der Waals surface area contributed by atoms with E-state index in [2.05, 4.69) is 30.4 Å². The van der Waals surface area contributed by atoms with E-state index in [1.807, 2.05) is 13.0 Å². The van der Waals surface area contributed by atoms with Crippen LogP contribution >= 0.6 is 0 Å². The standard InChI is InChI=1S/C14H21NO2/c1-3-12-6-4-5-7-13(12)10-15-11(2)8-9-14(16)17/h4-7,11,15H,3,8-10H2,1-2H3,(H,16,17). The van der Waals surface area contributed by atoms with Gasteiger partial charge in [-0.1, -0.05) is 31.2 Å². The first-order valence-electron chi connectivity index (χ1n) is 6.15. The Hall–Kier alpha value is -1.35. The molecule has 3 nitrogen and oxygen atoms in total. The fourth-order valence-electron chi connectivity index (χ4n) is 1.80. The maximum Gasteiger partial charge on any atom is 0.303 e. The highest BCUT2D eigenvalue weighted by Crippen LogP contribution is 2.09. The highest BCUT2D eigenvalue weighted by atomic mass is 16.4. The van der Waals surface area contributed by atoms with Crippen LogP contribution < -0.4 is 5.32 Å². The van der Waals surface area contributed by atoms with Crippen molar-refractivity contribution < 1.29 is 9.90 Å². The highest BCUT2D eigenvalue weighted by Gasteiger charge is 2.06. The van der Waals surface area contributed by atoms with Crippen LogP contribution in [0.1, 0.15) is 37.8 Å². The number of benzene rings is 1. The monoisotopic (exact) mass is 235 g/mol. The van der Waals surface area contributed by atoms with Crippen LogP contribution in [-0.4, -0.2) is 17.1 Å². The van der Waals surface area contributed by atoms with Gasteiger partial charge in [-0.25, -0.2) is 0 Å². The molecule has 1 aromatic carbocycles. The quantitative estimate of drug-likeness (QED) is 0.763. The molecule has 17 heavy (non-hydrogen) atoms. The molecule has 0 spiro atoms. The minimum absolute atomic E-state index is 0.226. The summed E-state index contributed by atoms with van der Waals surface area (Å²) in [5, 5.41) is 12.0. The summed E-state index contributed by atoms with van der Waals surface area (Å²) in [7, 11) is 0. The van der Waals surface area contributed by atoms with Gasteiger partial charge in [0.25, 0.3) is 0 Å². The van der Waals surface area contributed by atoms with Crippen molar-refractivity contribution in [2.24, 2.45) is 0 Å². The van der Waals surface area contributed by atoms with Gasteiger partial charge in [0.2, 0.25) is 0 Å². The van der Waals surface area contributed by atoms with Gasteiger partial charge >= 0.3 is 5.97 Å². The van der Waals surface area contributed by atoms with Gasteiger partial charge in [-0.2, -0.15) is 0 Å². The van der Waals surface area contributed by atoms with E-state index in [0.29, 0.717) is 6.42 Å². The summed E-state index contributed by atoms with van der Waals surface area (Å²) in [4.78, 5) is 10.5. The lowest BCUT2D eigenvalue weighted by Gasteiger charge is -2.14. The summed E-state index contributed by atoms with van der Waals surface area (Å²) in [5.74, 6) is -0.729. The molecule has 0 radical (unpaired) electrons. The first kappa shape index (κ1) is 13.7. The van der Waals surface area contributed by atoms with E-state index >= 15 is 0 Å². The number of carboxylic acid groups (broad SMARTS) is 1. The van der Waals surface area contributed by atoms with Gasteiger partial charge in [-0.05, 0) is 30.9 Å². The summed E-state index contributed by atoms with van der Waals surface area (Å²) in [6, 6.07) is 8.58. The molecule has 1 unspecified atom stereocenters. The molecule has 0 bridgehead atoms. The zero-order chi connectivity index (χ0) is 12.7. The smallest absolute Gasteiger partial charge is 0.303 e. The van der Waals surface area contributed by atoms with Crippen LogP contribution in [0.25, 0.3) is 0 Å². The van der Waals surface area contributed by atoms with Gasteiger partial charge in [-0.3, -0.25) is 4.79 Å². The average Bonchev–Trinajstić information content (AvgIpc) is 2.34. The van der Waals surface area contributed by atoms with Crippen LogP contribution in [0, 0.1) is 0 Å². The number of aliphatic carboxylic acids is 1. The fourth-order valence-corrected chi connectivity index (χ4v) is 1.80. The molecule has 0 aliphatic heterocycles. The summed E-state index contributed by atoms with van der Waals surface area (Å²) >= 11 is 0. The van der Waals surface area contributed by atoms with E-state index in [1.54, 1.807) is 0 Å². The molecular weight excluding hydrogens is 214 g/mol. The van der Waals surface area contributed by atoms with Gasteiger partial charge in [-0.15, -0.1) is 0 Å². The van der Waals surface area contributed by atoms with Crippen LogP contribution in [0.2, 0.25) is 0 Å². The third-order valence-electron chi connectivity index (χ3n) is 2.93. The molecule has 0 aliphatic rings. The van der Waals surface area contributed by atoms with E-state index in [0.717, 1.165) is 13.0 Å². The van der Waals surface area contributed by atoms with Crippen molar-refractivity contribution in [1.29, 1.82) is 0 Å². The van der Waals surface area contributed by atoms with Crippen molar-refractivity contribution in [2.75, 3.05) is 0 Å². The lowest BCUT2D eigenvalue weighted by molar-refractivity contribution is -0.137. The van der Waals surface area contributed by atoms with Crippen molar-refractivity contribution in [1.82, 2.24) is 5.32 Å². The van der Waals surface area contributed by atoms with Gasteiger partial charge < -0.3 is 10.4 Å². The van der Waals surface area contributed by atoms with E-state index in [-0.39, 0.29) is 12.5 Å². The molecule has 0 amide bonds. The molecule has 0 saturated carbocycles. The second-order valence-corrected chi connectivity index (χ2v) is 4.34. The summed E-state index contributed by atoms with van der Waals surface area (Å²) in [6.07, 6.45) is 1.93. The van der Waals surface area contributed by atoms with E-state index in [4.69, 9.17) is 5.11 Å². The number of carbonyl (C=O) groups is 1. The zero-order valence-electron chi connectivity index (χ0n) is 10.6. The molecule has 1 atom stereocenters. The Kier molecular flexibility index (Phi) is 5.70. The Balaban J connectivity index is 2.41. The van der Waals surface area contributed by atoms with Crippen molar-refractivity contribution in [3.8, 4) is 0 Å². The van der Waals surface area contributed by atoms with Crippen molar-refractivity contribution in [3.63, 3.8) is 0 Å². The van der Waals surface area contributed by atoms with E-state index < -0.39 is 5.97 Å². The number of rotatable bonds is 7. The Morgan fingerprint density at radius 2 is 2.00 bits per heavy atom. The van der Waals surface area contributed by atoms with Gasteiger partial charge in [0, 0.05) is 19.0 Å². The van der Waals surface area contributed by atoms with Crippen LogP contribution in [-0.2, 0) is 17.8 Å². The van der Waals surface area contributed by atoms with Crippen LogP contribution in [0.5, 0.6) is 0 Å². The summed E-state index contributed by atoms with van der Waals surface area (Å²) < 4.78 is 0. The van der Waals surface area contributed by atoms with Gasteiger partial charge in [0.05, 0.1) is 0 Å². The summed E-state index contributed by atoms with van der Waals surface area (Å²) in [6.45, 7) is 4.98. The number of aryl methyl sites for hydroxylation is 1. The van der Waals surface area contributed by atoms with Crippen molar-refractivity contribution in [3.05, 3.63) is 35.4 Å². The molecule has 0 heterocycles. The lowest BCUT2D eigenvalue weighted by atomic mass is 10.0. The third kappa shape index (κ3) is 5.00. The fraction of sp³-hybridized carbons (Fsp3) is 0.500. The number of nitrogens with one attached hydrogen (secondary N) is 1. The largest absolute Gasteiger partial charge is 0.481 e. The molecule has 0 saturated heterocycles. The van der Waals surface area contributed by atoms with Crippen LogP contribution in [0.3, 0.4) is 0 Å². The highest BCUT2D eigenvalue weighted by molar-refractivity contribution is 5.66. The van der Waals surface area contributed by atoms with Crippen LogP contribution in [0.15, 0.2) is 24.3 Å². The Morgan fingerprint density at radius 3 is 2.59 bits per heavy atom. The Labute approximate surface area is 103 Å². The number of carboxylic acids is 1. The first-order valence-corrected chi connectivity index (χ1v) is 6.15. The minimum Gasteiger partial charge on any atom is -0.481 e. The predicted octanol–water partition coefficient (Wildman–Crippen LogP) is 2.59. The van der Waals surface area contributed by atoms with Gasteiger partial charge in [0.1, 0.15) is 0 Å². The first-order chi connectivity index (χ1) is 8.13. The predicted molar refractivity (Wildman–Crippen MR) is 69.0 cm³/mol. The van der Waals surface area contributed by atoms with Gasteiger partial charge in [0.15, 0.2) is 0 Å². The molecule has 1 aromatic rings. The number of hydrogen-bond donors (Lipinski definition) is 2. The topological polar surface area (TPSA) is 49.3 Å².